The normalized spacial score (nSPS) is 22.3. The van der Waals surface area contributed by atoms with Crippen LogP contribution >= 0.6 is 0 Å². The van der Waals surface area contributed by atoms with Gasteiger partial charge in [0, 0.05) is 19.6 Å². The number of carbonyl (C=O) groups is 1. The summed E-state index contributed by atoms with van der Waals surface area (Å²) in [5.74, 6) is 0.0584. The van der Waals surface area contributed by atoms with Gasteiger partial charge in [-0.1, -0.05) is 29.8 Å². The highest BCUT2D eigenvalue weighted by Crippen LogP contribution is 2.25. The summed E-state index contributed by atoms with van der Waals surface area (Å²) < 4.78 is 0. The minimum Gasteiger partial charge on any atom is -0.388 e. The number of piperidine rings is 1. The fraction of sp³-hybridized carbons (Fsp3) is 0.667. The monoisotopic (exact) mass is 359 g/mol. The van der Waals surface area contributed by atoms with Crippen molar-refractivity contribution >= 4 is 5.91 Å². The van der Waals surface area contributed by atoms with Gasteiger partial charge < -0.3 is 15.3 Å². The maximum atomic E-state index is 12.4. The summed E-state index contributed by atoms with van der Waals surface area (Å²) in [4.78, 5) is 16.9. The molecule has 0 unspecified atom stereocenters. The molecule has 1 aromatic carbocycles. The van der Waals surface area contributed by atoms with E-state index in [0.29, 0.717) is 6.54 Å². The van der Waals surface area contributed by atoms with Crippen LogP contribution in [-0.4, -0.2) is 65.7 Å². The number of aryl methyl sites for hydroxylation is 1. The summed E-state index contributed by atoms with van der Waals surface area (Å²) in [5.41, 5.74) is 1.77. The van der Waals surface area contributed by atoms with Gasteiger partial charge in [-0.25, -0.2) is 0 Å². The first-order valence-corrected chi connectivity index (χ1v) is 9.97. The molecule has 2 heterocycles. The lowest BCUT2D eigenvalue weighted by molar-refractivity contribution is -0.124. The molecule has 5 nitrogen and oxygen atoms in total. The molecule has 26 heavy (non-hydrogen) atoms. The second kappa shape index (κ2) is 8.51. The molecule has 5 heteroatoms. The predicted molar refractivity (Wildman–Crippen MR) is 104 cm³/mol. The smallest absolute Gasteiger partial charge is 0.234 e. The van der Waals surface area contributed by atoms with Crippen molar-refractivity contribution in [3.63, 3.8) is 0 Å². The average molecular weight is 360 g/mol. The molecule has 0 radical (unpaired) electrons. The van der Waals surface area contributed by atoms with Gasteiger partial charge in [0.1, 0.15) is 0 Å². The van der Waals surface area contributed by atoms with E-state index < -0.39 is 5.60 Å². The van der Waals surface area contributed by atoms with Crippen molar-refractivity contribution in [1.29, 1.82) is 0 Å². The second-order valence-corrected chi connectivity index (χ2v) is 8.18. The first-order chi connectivity index (χ1) is 12.4. The Hall–Kier alpha value is -1.43. The van der Waals surface area contributed by atoms with Crippen LogP contribution in [0.5, 0.6) is 0 Å². The van der Waals surface area contributed by atoms with Gasteiger partial charge in [0.2, 0.25) is 5.91 Å². The average Bonchev–Trinajstić information content (AvgIpc) is 3.10. The molecular formula is C21H33N3O2. The minimum atomic E-state index is -0.577. The largest absolute Gasteiger partial charge is 0.388 e. The Kier molecular flexibility index (Phi) is 6.33. The van der Waals surface area contributed by atoms with E-state index in [9.17, 15) is 9.90 Å². The van der Waals surface area contributed by atoms with Gasteiger partial charge in [-0.2, -0.15) is 0 Å². The predicted octanol–water partition coefficient (Wildman–Crippen LogP) is 2.09. The summed E-state index contributed by atoms with van der Waals surface area (Å²) in [7, 11) is 0. The fourth-order valence-corrected chi connectivity index (χ4v) is 4.07. The molecule has 1 atom stereocenters. The van der Waals surface area contributed by atoms with Gasteiger partial charge >= 0.3 is 0 Å². The van der Waals surface area contributed by atoms with Crippen LogP contribution in [0.3, 0.4) is 0 Å². The zero-order valence-electron chi connectivity index (χ0n) is 16.2. The van der Waals surface area contributed by atoms with E-state index in [1.54, 1.807) is 0 Å². The summed E-state index contributed by atoms with van der Waals surface area (Å²) in [6.45, 7) is 9.10. The summed E-state index contributed by atoms with van der Waals surface area (Å²) >= 11 is 0. The van der Waals surface area contributed by atoms with E-state index in [2.05, 4.69) is 46.3 Å². The molecular weight excluding hydrogens is 326 g/mol. The second-order valence-electron chi connectivity index (χ2n) is 8.18. The fourth-order valence-electron chi connectivity index (χ4n) is 4.07. The molecule has 2 saturated heterocycles. The highest BCUT2D eigenvalue weighted by molar-refractivity contribution is 5.78. The van der Waals surface area contributed by atoms with Crippen molar-refractivity contribution < 1.29 is 9.90 Å². The number of likely N-dealkylation sites (tertiary alicyclic amines) is 2. The molecule has 0 saturated carbocycles. The van der Waals surface area contributed by atoms with Crippen LogP contribution in [0.15, 0.2) is 24.3 Å². The summed E-state index contributed by atoms with van der Waals surface area (Å²) in [5, 5.41) is 13.9. The Balaban J connectivity index is 1.42. The molecule has 3 rings (SSSR count). The van der Waals surface area contributed by atoms with Gasteiger partial charge in [-0.3, -0.25) is 9.69 Å². The number of rotatable bonds is 6. The van der Waals surface area contributed by atoms with E-state index in [-0.39, 0.29) is 11.9 Å². The van der Waals surface area contributed by atoms with E-state index in [0.717, 1.165) is 51.1 Å². The highest BCUT2D eigenvalue weighted by atomic mass is 16.3. The lowest BCUT2D eigenvalue weighted by Gasteiger charge is -2.40. The highest BCUT2D eigenvalue weighted by Gasteiger charge is 2.35. The van der Waals surface area contributed by atoms with Crippen LogP contribution in [0, 0.1) is 6.92 Å². The number of nitrogens with zero attached hydrogens (tertiary/aromatic N) is 2. The van der Waals surface area contributed by atoms with Crippen molar-refractivity contribution in [2.45, 2.75) is 51.2 Å². The van der Waals surface area contributed by atoms with Crippen LogP contribution in [-0.2, 0) is 4.79 Å². The zero-order valence-corrected chi connectivity index (χ0v) is 16.2. The molecule has 0 bridgehead atoms. The Bertz CT molecular complexity index is 588. The maximum absolute atomic E-state index is 12.4. The van der Waals surface area contributed by atoms with Crippen molar-refractivity contribution in [3.8, 4) is 0 Å². The maximum Gasteiger partial charge on any atom is 0.234 e. The topological polar surface area (TPSA) is 55.8 Å². The molecule has 144 valence electrons. The Labute approximate surface area is 157 Å². The lowest BCUT2D eigenvalue weighted by Crippen LogP contribution is -2.52. The van der Waals surface area contributed by atoms with Gasteiger partial charge in [-0.05, 0) is 58.2 Å². The van der Waals surface area contributed by atoms with Gasteiger partial charge in [0.25, 0.3) is 0 Å². The molecule has 0 aliphatic carbocycles. The molecule has 1 aromatic rings. The van der Waals surface area contributed by atoms with E-state index in [1.807, 2.05) is 6.92 Å². The quantitative estimate of drug-likeness (QED) is 0.817. The van der Waals surface area contributed by atoms with Crippen LogP contribution in [0.1, 0.15) is 49.8 Å². The molecule has 2 N–H and O–H groups in total. The first kappa shape index (κ1) is 19.3. The first-order valence-electron chi connectivity index (χ1n) is 9.97. The van der Waals surface area contributed by atoms with Gasteiger partial charge in [-0.15, -0.1) is 0 Å². The van der Waals surface area contributed by atoms with Crippen molar-refractivity contribution in [2.75, 3.05) is 39.3 Å². The molecule has 0 spiro atoms. The molecule has 2 aliphatic heterocycles. The van der Waals surface area contributed by atoms with Gasteiger partial charge in [0.15, 0.2) is 0 Å². The van der Waals surface area contributed by atoms with E-state index in [4.69, 9.17) is 0 Å². The lowest BCUT2D eigenvalue weighted by atomic mass is 9.91. The number of aliphatic hydroxyl groups is 1. The number of amides is 1. The standard InChI is InChI=1S/C21H33N3O2/c1-17-5-7-19(8-6-17)18(2)22-20(25)15-23-13-9-21(26,10-14-23)16-24-11-3-4-12-24/h5-8,18,26H,3-4,9-16H2,1-2H3,(H,22,25)/t18-/m0/s1. The summed E-state index contributed by atoms with van der Waals surface area (Å²) in [6.07, 6.45) is 4.01. The molecule has 2 aliphatic rings. The Morgan fingerprint density at radius 1 is 1.12 bits per heavy atom. The third-order valence-corrected chi connectivity index (χ3v) is 5.83. The van der Waals surface area contributed by atoms with Crippen LogP contribution in [0.4, 0.5) is 0 Å². The van der Waals surface area contributed by atoms with Crippen LogP contribution < -0.4 is 5.32 Å². The molecule has 1 amide bonds. The minimum absolute atomic E-state index is 0.0139. The number of nitrogens with one attached hydrogen (secondary N) is 1. The van der Waals surface area contributed by atoms with Crippen LogP contribution in [0.2, 0.25) is 0 Å². The third-order valence-electron chi connectivity index (χ3n) is 5.83. The summed E-state index contributed by atoms with van der Waals surface area (Å²) in [6, 6.07) is 8.30. The number of carbonyl (C=O) groups excluding carboxylic acids is 1. The van der Waals surface area contributed by atoms with Crippen LogP contribution in [0.25, 0.3) is 0 Å². The number of β-amino-alcohol motifs (C(OH)–C–C–N with tert-alkyl or cyclic N) is 1. The zero-order chi connectivity index (χ0) is 18.6. The van der Waals surface area contributed by atoms with Crippen molar-refractivity contribution in [3.05, 3.63) is 35.4 Å². The number of benzene rings is 1. The number of hydrogen-bond donors (Lipinski definition) is 2. The SMILES string of the molecule is Cc1ccc([C@H](C)NC(=O)CN2CCC(O)(CN3CCCC3)CC2)cc1. The molecule has 2 fully saturated rings. The molecule has 0 aromatic heterocycles. The van der Waals surface area contributed by atoms with Gasteiger partial charge in [0.05, 0.1) is 18.2 Å². The third kappa shape index (κ3) is 5.29. The number of hydrogen-bond acceptors (Lipinski definition) is 4. The van der Waals surface area contributed by atoms with Crippen molar-refractivity contribution in [1.82, 2.24) is 15.1 Å². The van der Waals surface area contributed by atoms with E-state index >= 15 is 0 Å². The van der Waals surface area contributed by atoms with Crippen molar-refractivity contribution in [2.24, 2.45) is 0 Å². The van der Waals surface area contributed by atoms with E-state index in [1.165, 1.54) is 18.4 Å². The Morgan fingerprint density at radius 2 is 1.73 bits per heavy atom. The Morgan fingerprint density at radius 3 is 2.35 bits per heavy atom.